The minimum absolute atomic E-state index is 0.0515. The molecule has 0 spiro atoms. The van der Waals surface area contributed by atoms with Crippen molar-refractivity contribution in [1.82, 2.24) is 13.1 Å². The first kappa shape index (κ1) is 15.1. The zero-order valence-corrected chi connectivity index (χ0v) is 13.8. The third-order valence-electron chi connectivity index (χ3n) is 3.83. The highest BCUT2D eigenvalue weighted by Crippen LogP contribution is 2.31. The van der Waals surface area contributed by atoms with Crippen molar-refractivity contribution in [3.05, 3.63) is 18.2 Å². The number of sulfonamides is 1. The smallest absolute Gasteiger partial charge is 0.207 e. The summed E-state index contributed by atoms with van der Waals surface area (Å²) in [6, 6.07) is 5.18. The maximum atomic E-state index is 12.9. The Labute approximate surface area is 133 Å². The van der Waals surface area contributed by atoms with Crippen molar-refractivity contribution in [3.63, 3.8) is 0 Å². The zero-order chi connectivity index (χ0) is 14.9. The standard InChI is InChI=1S/C13H16ClN3O2S2/c14-8-2-4-10-5-3-9-17(10)21(18,19)12-7-1-6-11-13(12)16-20-15-11/h1,6-7,10H,2-5,8-9H2. The molecule has 8 heteroatoms. The largest absolute Gasteiger partial charge is 0.245 e. The van der Waals surface area contributed by atoms with Crippen LogP contribution >= 0.6 is 23.3 Å². The lowest BCUT2D eigenvalue weighted by Crippen LogP contribution is -2.35. The Morgan fingerprint density at radius 1 is 1.38 bits per heavy atom. The Hall–Kier alpha value is -0.760. The molecule has 0 N–H and O–H groups in total. The monoisotopic (exact) mass is 345 g/mol. The SMILES string of the molecule is O=S(=O)(c1cccc2nsnc12)N1CCCC1CCCCl. The fourth-order valence-electron chi connectivity index (χ4n) is 2.84. The van der Waals surface area contributed by atoms with Crippen molar-refractivity contribution in [3.8, 4) is 0 Å². The first-order valence-corrected chi connectivity index (χ1v) is 9.64. The van der Waals surface area contributed by atoms with Crippen LogP contribution in [0.3, 0.4) is 0 Å². The first-order valence-electron chi connectivity index (χ1n) is 6.93. The molecule has 114 valence electrons. The average molecular weight is 346 g/mol. The van der Waals surface area contributed by atoms with E-state index < -0.39 is 10.0 Å². The number of hydrogen-bond acceptors (Lipinski definition) is 5. The summed E-state index contributed by atoms with van der Waals surface area (Å²) in [7, 11) is -3.52. The summed E-state index contributed by atoms with van der Waals surface area (Å²) in [5.74, 6) is 0.565. The summed E-state index contributed by atoms with van der Waals surface area (Å²) in [5, 5.41) is 0. The van der Waals surface area contributed by atoms with E-state index >= 15 is 0 Å². The van der Waals surface area contributed by atoms with E-state index in [1.165, 1.54) is 0 Å². The van der Waals surface area contributed by atoms with E-state index in [4.69, 9.17) is 11.6 Å². The van der Waals surface area contributed by atoms with Crippen molar-refractivity contribution >= 4 is 44.4 Å². The van der Waals surface area contributed by atoms with E-state index in [-0.39, 0.29) is 10.9 Å². The molecular weight excluding hydrogens is 330 g/mol. The van der Waals surface area contributed by atoms with Gasteiger partial charge in [-0.05, 0) is 37.8 Å². The van der Waals surface area contributed by atoms with Gasteiger partial charge >= 0.3 is 0 Å². The number of nitrogens with zero attached hydrogens (tertiary/aromatic N) is 3. The molecule has 2 aromatic rings. The fourth-order valence-corrected chi connectivity index (χ4v) is 5.47. The van der Waals surface area contributed by atoms with Crippen LogP contribution in [0.25, 0.3) is 11.0 Å². The first-order chi connectivity index (χ1) is 10.1. The predicted molar refractivity (Wildman–Crippen MR) is 84.3 cm³/mol. The van der Waals surface area contributed by atoms with Gasteiger partial charge in [0, 0.05) is 18.5 Å². The molecule has 1 aliphatic rings. The van der Waals surface area contributed by atoms with E-state index in [1.54, 1.807) is 22.5 Å². The molecule has 5 nitrogen and oxygen atoms in total. The van der Waals surface area contributed by atoms with Gasteiger partial charge in [-0.25, -0.2) is 8.42 Å². The average Bonchev–Trinajstić information content (AvgIpc) is 3.13. The molecule has 0 bridgehead atoms. The lowest BCUT2D eigenvalue weighted by atomic mass is 10.1. The molecule has 1 unspecified atom stereocenters. The number of hydrogen-bond donors (Lipinski definition) is 0. The number of fused-ring (bicyclic) bond motifs is 1. The van der Waals surface area contributed by atoms with Crippen molar-refractivity contribution in [2.45, 2.75) is 36.6 Å². The normalized spacial score (nSPS) is 20.3. The maximum absolute atomic E-state index is 12.9. The van der Waals surface area contributed by atoms with Gasteiger partial charge in [0.25, 0.3) is 0 Å². The summed E-state index contributed by atoms with van der Waals surface area (Å²) in [4.78, 5) is 0.270. The van der Waals surface area contributed by atoms with Crippen molar-refractivity contribution < 1.29 is 8.42 Å². The van der Waals surface area contributed by atoms with Gasteiger partial charge in [0.15, 0.2) is 0 Å². The summed E-state index contributed by atoms with van der Waals surface area (Å²) < 4.78 is 35.8. The second-order valence-corrected chi connectivity index (χ2v) is 7.90. The molecule has 0 amide bonds. The maximum Gasteiger partial charge on any atom is 0.245 e. The predicted octanol–water partition coefficient (Wildman–Crippen LogP) is 2.86. The van der Waals surface area contributed by atoms with Crippen molar-refractivity contribution in [2.24, 2.45) is 0 Å². The molecular formula is C13H16ClN3O2S2. The topological polar surface area (TPSA) is 63.2 Å². The van der Waals surface area contributed by atoms with E-state index in [0.717, 1.165) is 37.4 Å². The highest BCUT2D eigenvalue weighted by molar-refractivity contribution is 7.89. The molecule has 1 fully saturated rings. The van der Waals surface area contributed by atoms with E-state index in [1.807, 2.05) is 0 Å². The molecule has 2 heterocycles. The molecule has 3 rings (SSSR count). The highest BCUT2D eigenvalue weighted by atomic mass is 35.5. The van der Waals surface area contributed by atoms with Gasteiger partial charge < -0.3 is 0 Å². The second kappa shape index (κ2) is 6.16. The number of benzene rings is 1. The molecule has 0 saturated carbocycles. The van der Waals surface area contributed by atoms with Gasteiger partial charge in [-0.3, -0.25) is 0 Å². The van der Waals surface area contributed by atoms with Gasteiger partial charge in [0.1, 0.15) is 15.9 Å². The third kappa shape index (κ3) is 2.79. The van der Waals surface area contributed by atoms with Crippen LogP contribution in [0.4, 0.5) is 0 Å². The Balaban J connectivity index is 1.98. The molecule has 0 aliphatic carbocycles. The van der Waals surface area contributed by atoms with Gasteiger partial charge in [0.05, 0.1) is 11.7 Å². The van der Waals surface area contributed by atoms with Crippen LogP contribution in [-0.2, 0) is 10.0 Å². The summed E-state index contributed by atoms with van der Waals surface area (Å²) in [5.41, 5.74) is 1.11. The quantitative estimate of drug-likeness (QED) is 0.782. The lowest BCUT2D eigenvalue weighted by Gasteiger charge is -2.24. The van der Waals surface area contributed by atoms with Gasteiger partial charge in [-0.1, -0.05) is 6.07 Å². The summed E-state index contributed by atoms with van der Waals surface area (Å²) >= 11 is 6.78. The zero-order valence-electron chi connectivity index (χ0n) is 11.4. The lowest BCUT2D eigenvalue weighted by molar-refractivity contribution is 0.369. The van der Waals surface area contributed by atoms with Crippen molar-refractivity contribution in [1.29, 1.82) is 0 Å². The van der Waals surface area contributed by atoms with Gasteiger partial charge in [-0.2, -0.15) is 13.1 Å². The number of aromatic nitrogens is 2. The molecule has 1 aromatic carbocycles. The van der Waals surface area contributed by atoms with Crippen molar-refractivity contribution in [2.75, 3.05) is 12.4 Å². The molecule has 1 atom stereocenters. The van der Waals surface area contributed by atoms with Crippen LogP contribution in [0.15, 0.2) is 23.1 Å². The van der Waals surface area contributed by atoms with E-state index in [9.17, 15) is 8.42 Å². The fraction of sp³-hybridized carbons (Fsp3) is 0.538. The Morgan fingerprint density at radius 2 is 2.24 bits per heavy atom. The Bertz CT molecular complexity index is 732. The molecule has 21 heavy (non-hydrogen) atoms. The third-order valence-corrected chi connectivity index (χ3v) is 6.62. The van der Waals surface area contributed by atoms with Gasteiger partial charge in [-0.15, -0.1) is 11.6 Å². The summed E-state index contributed by atoms with van der Waals surface area (Å²) in [6.07, 6.45) is 3.45. The van der Waals surface area contributed by atoms with E-state index in [2.05, 4.69) is 8.75 Å². The van der Waals surface area contributed by atoms with Crippen LogP contribution in [0.5, 0.6) is 0 Å². The Morgan fingerprint density at radius 3 is 3.05 bits per heavy atom. The van der Waals surface area contributed by atoms with Crippen LogP contribution in [0.1, 0.15) is 25.7 Å². The summed E-state index contributed by atoms with van der Waals surface area (Å²) in [6.45, 7) is 0.573. The van der Waals surface area contributed by atoms with Crippen LogP contribution in [-0.4, -0.2) is 39.9 Å². The Kier molecular flexibility index (Phi) is 4.44. The van der Waals surface area contributed by atoms with E-state index in [0.29, 0.717) is 23.5 Å². The minimum Gasteiger partial charge on any atom is -0.207 e. The van der Waals surface area contributed by atoms with Crippen LogP contribution in [0.2, 0.25) is 0 Å². The molecule has 1 saturated heterocycles. The second-order valence-electron chi connectivity index (χ2n) is 5.13. The molecule has 1 aromatic heterocycles. The van der Waals surface area contributed by atoms with Gasteiger partial charge in [0.2, 0.25) is 10.0 Å². The van der Waals surface area contributed by atoms with Crippen LogP contribution in [0, 0.1) is 0 Å². The number of rotatable bonds is 5. The molecule has 0 radical (unpaired) electrons. The highest BCUT2D eigenvalue weighted by Gasteiger charge is 2.36. The number of alkyl halides is 1. The van der Waals surface area contributed by atoms with Crippen LogP contribution < -0.4 is 0 Å². The molecule has 1 aliphatic heterocycles. The minimum atomic E-state index is -3.52. The number of halogens is 1.